The van der Waals surface area contributed by atoms with Gasteiger partial charge in [0.15, 0.2) is 0 Å². The molecule has 3 aromatic rings. The zero-order valence-corrected chi connectivity index (χ0v) is 16.0. The van der Waals surface area contributed by atoms with Crippen molar-refractivity contribution in [2.24, 2.45) is 0 Å². The normalized spacial score (nSPS) is 19.0. The summed E-state index contributed by atoms with van der Waals surface area (Å²) in [6.07, 6.45) is 0.699. The van der Waals surface area contributed by atoms with Crippen molar-refractivity contribution in [2.45, 2.75) is 25.6 Å². The minimum atomic E-state index is -0.155. The molecule has 2 aromatic carbocycles. The van der Waals surface area contributed by atoms with E-state index in [0.29, 0.717) is 13.0 Å². The van der Waals surface area contributed by atoms with Crippen LogP contribution in [0.5, 0.6) is 0 Å². The smallest absolute Gasteiger partial charge is 0.127 e. The third kappa shape index (κ3) is 4.35. The number of rotatable bonds is 6. The Hall–Kier alpha value is -1.86. The first-order valence-corrected chi connectivity index (χ1v) is 10.2. The number of thiazole rings is 1. The molecule has 4 rings (SSSR count). The van der Waals surface area contributed by atoms with Gasteiger partial charge in [-0.2, -0.15) is 0 Å². The van der Waals surface area contributed by atoms with Crippen LogP contribution in [0.2, 0.25) is 0 Å². The number of benzene rings is 2. The highest BCUT2D eigenvalue weighted by atomic mass is 32.1. The van der Waals surface area contributed by atoms with Gasteiger partial charge in [0.25, 0.3) is 0 Å². The second kappa shape index (κ2) is 8.44. The molecule has 1 fully saturated rings. The van der Waals surface area contributed by atoms with E-state index in [1.54, 1.807) is 17.4 Å². The Balaban J connectivity index is 1.43. The molecule has 1 N–H and O–H groups in total. The van der Waals surface area contributed by atoms with E-state index in [1.165, 1.54) is 10.8 Å². The molecule has 0 radical (unpaired) electrons. The van der Waals surface area contributed by atoms with E-state index in [-0.39, 0.29) is 18.5 Å². The van der Waals surface area contributed by atoms with Gasteiger partial charge in [0.2, 0.25) is 0 Å². The topological polar surface area (TPSA) is 39.6 Å². The van der Waals surface area contributed by atoms with Gasteiger partial charge in [-0.3, -0.25) is 9.80 Å². The highest BCUT2D eigenvalue weighted by molar-refractivity contribution is 7.18. The Kier molecular flexibility index (Phi) is 5.78. The fraction of sp³-hybridized carbons (Fsp3) is 0.381. The molecular weight excluding hydrogens is 361 g/mol. The average Bonchev–Trinajstić information content (AvgIpc) is 3.08. The molecule has 0 aliphatic carbocycles. The third-order valence-electron chi connectivity index (χ3n) is 5.18. The minimum Gasteiger partial charge on any atom is -0.396 e. The van der Waals surface area contributed by atoms with Gasteiger partial charge in [-0.1, -0.05) is 30.3 Å². The summed E-state index contributed by atoms with van der Waals surface area (Å²) in [6.45, 7) is 4.22. The number of aromatic nitrogens is 1. The summed E-state index contributed by atoms with van der Waals surface area (Å²) in [5, 5.41) is 10.6. The van der Waals surface area contributed by atoms with Crippen LogP contribution >= 0.6 is 11.3 Å². The standard InChI is InChI=1S/C21H24FN3OS/c22-18-6-2-1-5-16(18)13-25-11-10-24(14-17(25)9-12-26)15-21-23-19-7-3-4-8-20(19)27-21/h1-8,17,26H,9-15H2/t17-/m1/s1. The van der Waals surface area contributed by atoms with E-state index in [0.717, 1.165) is 42.3 Å². The van der Waals surface area contributed by atoms with Gasteiger partial charge in [0.05, 0.1) is 16.8 Å². The second-order valence-corrected chi connectivity index (χ2v) is 8.15. The molecule has 1 aromatic heterocycles. The molecule has 0 unspecified atom stereocenters. The number of halogens is 1. The molecular formula is C21H24FN3OS. The molecule has 0 bridgehead atoms. The number of piperazine rings is 1. The minimum absolute atomic E-state index is 0.146. The average molecular weight is 386 g/mol. The van der Waals surface area contributed by atoms with Crippen molar-refractivity contribution < 1.29 is 9.50 Å². The second-order valence-electron chi connectivity index (χ2n) is 7.04. The van der Waals surface area contributed by atoms with Crippen LogP contribution in [0.25, 0.3) is 10.2 Å². The SMILES string of the molecule is OCC[C@@H]1CN(Cc2nc3ccccc3s2)CCN1Cc1ccccc1F. The van der Waals surface area contributed by atoms with E-state index in [4.69, 9.17) is 4.98 Å². The fourth-order valence-electron chi connectivity index (χ4n) is 3.76. The van der Waals surface area contributed by atoms with Crippen molar-refractivity contribution in [1.82, 2.24) is 14.8 Å². The number of hydrogen-bond donors (Lipinski definition) is 1. The van der Waals surface area contributed by atoms with E-state index >= 15 is 0 Å². The molecule has 1 atom stereocenters. The predicted octanol–water partition coefficient (Wildman–Crippen LogP) is 3.50. The molecule has 4 nitrogen and oxygen atoms in total. The molecule has 0 saturated carbocycles. The van der Waals surface area contributed by atoms with E-state index < -0.39 is 0 Å². The quantitative estimate of drug-likeness (QED) is 0.705. The van der Waals surface area contributed by atoms with Crippen LogP contribution in [0.1, 0.15) is 17.0 Å². The molecule has 6 heteroatoms. The maximum Gasteiger partial charge on any atom is 0.127 e. The van der Waals surface area contributed by atoms with Crippen molar-refractivity contribution in [1.29, 1.82) is 0 Å². The fourth-order valence-corrected chi connectivity index (χ4v) is 4.77. The lowest BCUT2D eigenvalue weighted by molar-refractivity contribution is 0.0493. The summed E-state index contributed by atoms with van der Waals surface area (Å²) in [5.74, 6) is -0.155. The van der Waals surface area contributed by atoms with Gasteiger partial charge in [-0.25, -0.2) is 9.37 Å². The van der Waals surface area contributed by atoms with Crippen molar-refractivity contribution in [3.8, 4) is 0 Å². The summed E-state index contributed by atoms with van der Waals surface area (Å²) < 4.78 is 15.2. The van der Waals surface area contributed by atoms with Gasteiger partial charge >= 0.3 is 0 Å². The van der Waals surface area contributed by atoms with Crippen LogP contribution in [0.3, 0.4) is 0 Å². The van der Waals surface area contributed by atoms with Crippen molar-refractivity contribution in [3.05, 3.63) is 64.9 Å². The zero-order chi connectivity index (χ0) is 18.6. The van der Waals surface area contributed by atoms with Crippen LogP contribution in [0.15, 0.2) is 48.5 Å². The molecule has 1 aliphatic heterocycles. The van der Waals surface area contributed by atoms with Gasteiger partial charge in [-0.05, 0) is 24.6 Å². The first-order chi connectivity index (χ1) is 13.2. The van der Waals surface area contributed by atoms with Crippen LogP contribution in [0, 0.1) is 5.82 Å². The Labute approximate surface area is 162 Å². The molecule has 0 amide bonds. The Morgan fingerprint density at radius 3 is 2.70 bits per heavy atom. The lowest BCUT2D eigenvalue weighted by Crippen LogP contribution is -2.52. The van der Waals surface area contributed by atoms with Crippen LogP contribution in [-0.2, 0) is 13.1 Å². The molecule has 0 spiro atoms. The highest BCUT2D eigenvalue weighted by Gasteiger charge is 2.27. The molecule has 142 valence electrons. The van der Waals surface area contributed by atoms with Crippen molar-refractivity contribution in [3.63, 3.8) is 0 Å². The molecule has 2 heterocycles. The summed E-state index contributed by atoms with van der Waals surface area (Å²) >= 11 is 1.75. The van der Waals surface area contributed by atoms with Crippen molar-refractivity contribution >= 4 is 21.6 Å². The lowest BCUT2D eigenvalue weighted by atomic mass is 10.1. The number of fused-ring (bicyclic) bond motifs is 1. The summed E-state index contributed by atoms with van der Waals surface area (Å²) in [6, 6.07) is 15.4. The van der Waals surface area contributed by atoms with E-state index in [1.807, 2.05) is 24.3 Å². The van der Waals surface area contributed by atoms with Gasteiger partial charge in [0, 0.05) is 44.4 Å². The maximum absolute atomic E-state index is 14.0. The van der Waals surface area contributed by atoms with E-state index in [9.17, 15) is 9.50 Å². The van der Waals surface area contributed by atoms with Crippen LogP contribution in [0.4, 0.5) is 4.39 Å². The number of nitrogens with zero attached hydrogens (tertiary/aromatic N) is 3. The first-order valence-electron chi connectivity index (χ1n) is 9.38. The lowest BCUT2D eigenvalue weighted by Gasteiger charge is -2.41. The molecule has 1 aliphatic rings. The largest absolute Gasteiger partial charge is 0.396 e. The number of hydrogen-bond acceptors (Lipinski definition) is 5. The first kappa shape index (κ1) is 18.5. The zero-order valence-electron chi connectivity index (χ0n) is 15.2. The van der Waals surface area contributed by atoms with Crippen LogP contribution < -0.4 is 0 Å². The number of aliphatic hydroxyl groups is 1. The van der Waals surface area contributed by atoms with Crippen LogP contribution in [-0.4, -0.2) is 52.2 Å². The summed E-state index contributed by atoms with van der Waals surface area (Å²) in [7, 11) is 0. The summed E-state index contributed by atoms with van der Waals surface area (Å²) in [4.78, 5) is 9.43. The monoisotopic (exact) mass is 385 g/mol. The number of aliphatic hydroxyl groups excluding tert-OH is 1. The van der Waals surface area contributed by atoms with Gasteiger partial charge < -0.3 is 5.11 Å². The van der Waals surface area contributed by atoms with E-state index in [2.05, 4.69) is 21.9 Å². The summed E-state index contributed by atoms with van der Waals surface area (Å²) in [5.41, 5.74) is 1.78. The Morgan fingerprint density at radius 2 is 1.89 bits per heavy atom. The Morgan fingerprint density at radius 1 is 1.07 bits per heavy atom. The third-order valence-corrected chi connectivity index (χ3v) is 6.20. The van der Waals surface area contributed by atoms with Crippen molar-refractivity contribution in [2.75, 3.05) is 26.2 Å². The Bertz CT molecular complexity index is 867. The molecule has 27 heavy (non-hydrogen) atoms. The predicted molar refractivity (Wildman–Crippen MR) is 107 cm³/mol. The van der Waals surface area contributed by atoms with Gasteiger partial charge in [-0.15, -0.1) is 11.3 Å². The number of para-hydroxylation sites is 1. The highest BCUT2D eigenvalue weighted by Crippen LogP contribution is 2.24. The maximum atomic E-state index is 14.0. The van der Waals surface area contributed by atoms with Gasteiger partial charge in [0.1, 0.15) is 10.8 Å². The molecule has 1 saturated heterocycles.